The van der Waals surface area contributed by atoms with Gasteiger partial charge in [-0.3, -0.25) is 4.79 Å². The molecule has 3 heteroatoms. The molecule has 0 aliphatic heterocycles. The van der Waals surface area contributed by atoms with E-state index in [1.165, 1.54) is 11.8 Å². The summed E-state index contributed by atoms with van der Waals surface area (Å²) in [6.07, 6.45) is 1.79. The van der Waals surface area contributed by atoms with Crippen LogP contribution in [0.2, 0.25) is 0 Å². The van der Waals surface area contributed by atoms with Crippen molar-refractivity contribution in [1.29, 1.82) is 0 Å². The second-order valence-electron chi connectivity index (χ2n) is 2.30. The quantitative estimate of drug-likeness (QED) is 0.745. The second kappa shape index (κ2) is 4.67. The van der Waals surface area contributed by atoms with Gasteiger partial charge in [-0.15, -0.1) is 0 Å². The highest BCUT2D eigenvalue weighted by Gasteiger charge is 2.14. The standard InChI is InChI=1S/C9H9BrOS/c1-12-9(11)8(10)7-5-3-2-4-6-7/h2-6,8H,1H3. The third-order valence-electron chi connectivity index (χ3n) is 1.50. The minimum atomic E-state index is -0.173. The van der Waals surface area contributed by atoms with Gasteiger partial charge in [-0.1, -0.05) is 58.0 Å². The van der Waals surface area contributed by atoms with Crippen molar-refractivity contribution in [3.63, 3.8) is 0 Å². The van der Waals surface area contributed by atoms with Crippen molar-refractivity contribution in [3.8, 4) is 0 Å². The first-order chi connectivity index (χ1) is 5.75. The maximum atomic E-state index is 11.2. The van der Waals surface area contributed by atoms with E-state index in [0.29, 0.717) is 0 Å². The van der Waals surface area contributed by atoms with Gasteiger partial charge in [0.2, 0.25) is 5.12 Å². The molecule has 0 radical (unpaired) electrons. The molecule has 0 N–H and O–H groups in total. The summed E-state index contributed by atoms with van der Waals surface area (Å²) in [6.45, 7) is 0. The van der Waals surface area contributed by atoms with Crippen LogP contribution in [-0.2, 0) is 4.79 Å². The Kier molecular flexibility index (Phi) is 3.82. The van der Waals surface area contributed by atoms with Crippen LogP contribution in [0.3, 0.4) is 0 Å². The number of thioether (sulfide) groups is 1. The number of rotatable bonds is 2. The molecular formula is C9H9BrOS. The van der Waals surface area contributed by atoms with Crippen molar-refractivity contribution in [1.82, 2.24) is 0 Å². The van der Waals surface area contributed by atoms with Crippen LogP contribution in [0.25, 0.3) is 0 Å². The van der Waals surface area contributed by atoms with Gasteiger partial charge in [-0.25, -0.2) is 0 Å². The van der Waals surface area contributed by atoms with Gasteiger partial charge in [0.05, 0.1) is 0 Å². The maximum absolute atomic E-state index is 11.2. The normalized spacial score (nSPS) is 12.5. The van der Waals surface area contributed by atoms with E-state index in [9.17, 15) is 4.79 Å². The largest absolute Gasteiger partial charge is 0.286 e. The van der Waals surface area contributed by atoms with Crippen LogP contribution in [0, 0.1) is 0 Å². The first-order valence-electron chi connectivity index (χ1n) is 3.52. The van der Waals surface area contributed by atoms with Crippen molar-refractivity contribution in [3.05, 3.63) is 35.9 Å². The average molecular weight is 245 g/mol. The molecule has 0 spiro atoms. The fraction of sp³-hybridized carbons (Fsp3) is 0.222. The Morgan fingerprint density at radius 1 is 1.42 bits per heavy atom. The van der Waals surface area contributed by atoms with Gasteiger partial charge >= 0.3 is 0 Å². The van der Waals surface area contributed by atoms with Gasteiger partial charge in [-0.05, 0) is 11.8 Å². The number of halogens is 1. The number of carbonyl (C=O) groups is 1. The van der Waals surface area contributed by atoms with Crippen molar-refractivity contribution in [2.24, 2.45) is 0 Å². The molecule has 0 fully saturated rings. The Morgan fingerprint density at radius 3 is 2.50 bits per heavy atom. The highest BCUT2D eigenvalue weighted by molar-refractivity contribution is 9.09. The Labute approximate surface area is 84.7 Å². The molecule has 1 nitrogen and oxygen atoms in total. The molecule has 0 saturated heterocycles. The second-order valence-corrected chi connectivity index (χ2v) is 4.02. The van der Waals surface area contributed by atoms with Gasteiger partial charge in [0.1, 0.15) is 4.83 Å². The Balaban J connectivity index is 2.78. The van der Waals surface area contributed by atoms with Gasteiger partial charge < -0.3 is 0 Å². The van der Waals surface area contributed by atoms with E-state index in [0.717, 1.165) is 5.56 Å². The van der Waals surface area contributed by atoms with Crippen LogP contribution in [-0.4, -0.2) is 11.4 Å². The molecule has 0 heterocycles. The summed E-state index contributed by atoms with van der Waals surface area (Å²) in [5.74, 6) is 0. The van der Waals surface area contributed by atoms with E-state index < -0.39 is 0 Å². The predicted molar refractivity (Wildman–Crippen MR) is 56.6 cm³/mol. The first-order valence-corrected chi connectivity index (χ1v) is 5.66. The molecule has 1 unspecified atom stereocenters. The summed E-state index contributed by atoms with van der Waals surface area (Å²) in [5.41, 5.74) is 1.01. The summed E-state index contributed by atoms with van der Waals surface area (Å²) in [4.78, 5) is 11.1. The van der Waals surface area contributed by atoms with E-state index in [1.54, 1.807) is 6.26 Å². The van der Waals surface area contributed by atoms with Gasteiger partial charge in [0.15, 0.2) is 0 Å². The molecule has 0 amide bonds. The lowest BCUT2D eigenvalue weighted by Gasteiger charge is -2.05. The highest BCUT2D eigenvalue weighted by atomic mass is 79.9. The van der Waals surface area contributed by atoms with Crippen LogP contribution < -0.4 is 0 Å². The molecule has 1 aromatic carbocycles. The minimum Gasteiger partial charge on any atom is -0.286 e. The van der Waals surface area contributed by atoms with Crippen molar-refractivity contribution < 1.29 is 4.79 Å². The Bertz CT molecular complexity index is 260. The zero-order valence-corrected chi connectivity index (χ0v) is 9.06. The fourth-order valence-corrected chi connectivity index (χ4v) is 2.07. The summed E-state index contributed by atoms with van der Waals surface area (Å²) in [7, 11) is 0. The van der Waals surface area contributed by atoms with Crippen LogP contribution in [0.5, 0.6) is 0 Å². The van der Waals surface area contributed by atoms with Gasteiger partial charge in [-0.2, -0.15) is 0 Å². The van der Waals surface area contributed by atoms with E-state index in [1.807, 2.05) is 30.3 Å². The molecule has 1 rings (SSSR count). The van der Waals surface area contributed by atoms with E-state index >= 15 is 0 Å². The number of hydrogen-bond donors (Lipinski definition) is 0. The number of benzene rings is 1. The van der Waals surface area contributed by atoms with Crippen LogP contribution in [0.15, 0.2) is 30.3 Å². The van der Waals surface area contributed by atoms with Crippen molar-refractivity contribution in [2.45, 2.75) is 4.83 Å². The van der Waals surface area contributed by atoms with Crippen molar-refractivity contribution in [2.75, 3.05) is 6.26 Å². The lowest BCUT2D eigenvalue weighted by Crippen LogP contribution is -2.00. The lowest BCUT2D eigenvalue weighted by molar-refractivity contribution is -0.110. The van der Waals surface area contributed by atoms with Crippen molar-refractivity contribution >= 4 is 32.8 Å². The topological polar surface area (TPSA) is 17.1 Å². The SMILES string of the molecule is CSC(=O)C(Br)c1ccccc1. The average Bonchev–Trinajstić information content (AvgIpc) is 2.17. The van der Waals surface area contributed by atoms with Crippen LogP contribution in [0.4, 0.5) is 0 Å². The van der Waals surface area contributed by atoms with E-state index in [-0.39, 0.29) is 9.94 Å². The van der Waals surface area contributed by atoms with E-state index in [2.05, 4.69) is 15.9 Å². The smallest absolute Gasteiger partial charge is 0.206 e. The third kappa shape index (κ3) is 2.35. The van der Waals surface area contributed by atoms with Crippen LogP contribution >= 0.6 is 27.7 Å². The Hall–Kier alpha value is -0.280. The van der Waals surface area contributed by atoms with Crippen LogP contribution in [0.1, 0.15) is 10.4 Å². The van der Waals surface area contributed by atoms with Gasteiger partial charge in [0.25, 0.3) is 0 Å². The molecular weight excluding hydrogens is 236 g/mol. The summed E-state index contributed by atoms with van der Waals surface area (Å²) >= 11 is 4.58. The summed E-state index contributed by atoms with van der Waals surface area (Å²) < 4.78 is 0. The molecule has 0 aromatic heterocycles. The summed E-state index contributed by atoms with van der Waals surface area (Å²) in [6, 6.07) is 9.67. The molecule has 0 aliphatic carbocycles. The monoisotopic (exact) mass is 244 g/mol. The van der Waals surface area contributed by atoms with E-state index in [4.69, 9.17) is 0 Å². The maximum Gasteiger partial charge on any atom is 0.206 e. The molecule has 64 valence electrons. The fourth-order valence-electron chi connectivity index (χ4n) is 0.862. The molecule has 0 aliphatic rings. The minimum absolute atomic E-state index is 0.140. The first kappa shape index (κ1) is 9.81. The molecule has 1 aromatic rings. The third-order valence-corrected chi connectivity index (χ3v) is 3.39. The number of hydrogen-bond acceptors (Lipinski definition) is 2. The molecule has 0 saturated carbocycles. The predicted octanol–water partition coefficient (Wildman–Crippen LogP) is 3.01. The zero-order chi connectivity index (χ0) is 8.97. The summed E-state index contributed by atoms with van der Waals surface area (Å²) in [5, 5.41) is 0.140. The highest BCUT2D eigenvalue weighted by Crippen LogP contribution is 2.26. The number of alkyl halides is 1. The molecule has 12 heavy (non-hydrogen) atoms. The molecule has 0 bridgehead atoms. The Morgan fingerprint density at radius 2 is 2.00 bits per heavy atom. The number of carbonyl (C=O) groups excluding carboxylic acids is 1. The lowest BCUT2D eigenvalue weighted by atomic mass is 10.2. The zero-order valence-electron chi connectivity index (χ0n) is 6.66. The molecule has 1 atom stereocenters. The van der Waals surface area contributed by atoms with Gasteiger partial charge in [0, 0.05) is 0 Å².